The summed E-state index contributed by atoms with van der Waals surface area (Å²) in [5.41, 5.74) is 2.82. The SMILES string of the molecule is C[C@@H](O)[C@H](NS(=O)(=O)c1ccc(Cl)cc1)C(=O)OCc1ccc(-c2ccccc2)cc1. The lowest BCUT2D eigenvalue weighted by atomic mass is 10.0. The Bertz CT molecular complexity index is 1110. The molecular formula is C23H22ClNO5S. The van der Waals surface area contributed by atoms with Crippen LogP contribution in [0.5, 0.6) is 0 Å². The van der Waals surface area contributed by atoms with E-state index >= 15 is 0 Å². The van der Waals surface area contributed by atoms with Crippen molar-refractivity contribution in [2.45, 2.75) is 30.6 Å². The Labute approximate surface area is 186 Å². The molecule has 0 unspecified atom stereocenters. The van der Waals surface area contributed by atoms with Gasteiger partial charge in [-0.1, -0.05) is 66.2 Å². The summed E-state index contributed by atoms with van der Waals surface area (Å²) in [5.74, 6) is -0.875. The molecule has 0 aromatic heterocycles. The van der Waals surface area contributed by atoms with Crippen LogP contribution in [-0.4, -0.2) is 31.6 Å². The summed E-state index contributed by atoms with van der Waals surface area (Å²) < 4.78 is 32.5. The van der Waals surface area contributed by atoms with Crippen LogP contribution in [0.2, 0.25) is 5.02 Å². The number of hydrogen-bond acceptors (Lipinski definition) is 5. The second kappa shape index (κ2) is 10.1. The van der Waals surface area contributed by atoms with Gasteiger partial charge in [-0.3, -0.25) is 4.79 Å². The summed E-state index contributed by atoms with van der Waals surface area (Å²) in [5, 5.41) is 10.3. The highest BCUT2D eigenvalue weighted by Crippen LogP contribution is 2.20. The molecule has 0 saturated heterocycles. The number of aliphatic hydroxyl groups excluding tert-OH is 1. The molecule has 0 bridgehead atoms. The van der Waals surface area contributed by atoms with Gasteiger partial charge in [0.15, 0.2) is 0 Å². The molecule has 3 rings (SSSR count). The first kappa shape index (κ1) is 23.0. The van der Waals surface area contributed by atoms with E-state index in [1.807, 2.05) is 54.6 Å². The fraction of sp³-hybridized carbons (Fsp3) is 0.174. The minimum absolute atomic E-state index is 0.0558. The van der Waals surface area contributed by atoms with Crippen molar-refractivity contribution < 1.29 is 23.1 Å². The molecule has 6 nitrogen and oxygen atoms in total. The number of sulfonamides is 1. The van der Waals surface area contributed by atoms with E-state index in [-0.39, 0.29) is 11.5 Å². The first-order valence-corrected chi connectivity index (χ1v) is 11.4. The molecule has 0 radical (unpaired) electrons. The molecular weight excluding hydrogens is 438 g/mol. The number of nitrogens with one attached hydrogen (secondary N) is 1. The molecule has 0 aliphatic carbocycles. The van der Waals surface area contributed by atoms with Gasteiger partial charge in [-0.25, -0.2) is 8.42 Å². The van der Waals surface area contributed by atoms with Crippen molar-refractivity contribution >= 4 is 27.6 Å². The number of carbonyl (C=O) groups is 1. The van der Waals surface area contributed by atoms with E-state index in [1.54, 1.807) is 0 Å². The molecule has 0 aliphatic rings. The molecule has 0 fully saturated rings. The Hall–Kier alpha value is -2.71. The summed E-state index contributed by atoms with van der Waals surface area (Å²) in [6.45, 7) is 1.25. The minimum Gasteiger partial charge on any atom is -0.460 e. The van der Waals surface area contributed by atoms with Crippen LogP contribution in [0.15, 0.2) is 83.8 Å². The number of carbonyl (C=O) groups excluding carboxylic acids is 1. The summed E-state index contributed by atoms with van der Waals surface area (Å²) in [6, 6.07) is 21.3. The quantitative estimate of drug-likeness (QED) is 0.500. The van der Waals surface area contributed by atoms with E-state index in [0.717, 1.165) is 16.7 Å². The summed E-state index contributed by atoms with van der Waals surface area (Å²) in [7, 11) is -4.05. The normalized spacial score (nSPS) is 13.4. The van der Waals surface area contributed by atoms with Gasteiger partial charge in [-0.05, 0) is 47.9 Å². The van der Waals surface area contributed by atoms with Crippen molar-refractivity contribution in [3.05, 3.63) is 89.4 Å². The Morgan fingerprint density at radius 2 is 1.55 bits per heavy atom. The number of ether oxygens (including phenoxy) is 1. The number of esters is 1. The standard InChI is InChI=1S/C23H22ClNO5S/c1-16(26)22(25-31(28,29)21-13-11-20(24)12-14-21)23(27)30-15-17-7-9-19(10-8-17)18-5-3-2-4-6-18/h2-14,16,22,25-26H,15H2,1H3/t16-,22+/m1/s1. The fourth-order valence-electron chi connectivity index (χ4n) is 2.86. The average Bonchev–Trinajstić information content (AvgIpc) is 2.77. The lowest BCUT2D eigenvalue weighted by molar-refractivity contribution is -0.149. The molecule has 0 amide bonds. The van der Waals surface area contributed by atoms with Crippen LogP contribution in [0.25, 0.3) is 11.1 Å². The zero-order chi connectivity index (χ0) is 22.4. The molecule has 0 saturated carbocycles. The highest BCUT2D eigenvalue weighted by atomic mass is 35.5. The van der Waals surface area contributed by atoms with Crippen LogP contribution in [0.3, 0.4) is 0 Å². The van der Waals surface area contributed by atoms with Gasteiger partial charge in [0.1, 0.15) is 12.6 Å². The summed E-state index contributed by atoms with van der Waals surface area (Å²) >= 11 is 5.78. The molecule has 2 atom stereocenters. The Morgan fingerprint density at radius 1 is 0.968 bits per heavy atom. The van der Waals surface area contributed by atoms with E-state index in [4.69, 9.17) is 16.3 Å². The third kappa shape index (κ3) is 6.15. The van der Waals surface area contributed by atoms with Gasteiger partial charge in [-0.15, -0.1) is 0 Å². The number of hydrogen-bond donors (Lipinski definition) is 2. The number of rotatable bonds is 8. The van der Waals surface area contributed by atoms with Crippen LogP contribution in [0.1, 0.15) is 12.5 Å². The van der Waals surface area contributed by atoms with Gasteiger partial charge < -0.3 is 9.84 Å². The smallest absolute Gasteiger partial charge is 0.327 e. The average molecular weight is 460 g/mol. The molecule has 0 aliphatic heterocycles. The molecule has 3 aromatic carbocycles. The Morgan fingerprint density at radius 3 is 2.13 bits per heavy atom. The first-order chi connectivity index (χ1) is 14.8. The van der Waals surface area contributed by atoms with Crippen molar-refractivity contribution in [2.75, 3.05) is 0 Å². The lowest BCUT2D eigenvalue weighted by Gasteiger charge is -2.20. The molecule has 0 spiro atoms. The molecule has 31 heavy (non-hydrogen) atoms. The number of aliphatic hydroxyl groups is 1. The van der Waals surface area contributed by atoms with Crippen molar-refractivity contribution in [2.24, 2.45) is 0 Å². The maximum Gasteiger partial charge on any atom is 0.327 e. The van der Waals surface area contributed by atoms with Gasteiger partial charge in [0.25, 0.3) is 0 Å². The van der Waals surface area contributed by atoms with Crippen LogP contribution in [-0.2, 0) is 26.2 Å². The van der Waals surface area contributed by atoms with E-state index in [0.29, 0.717) is 5.02 Å². The third-order valence-corrected chi connectivity index (χ3v) is 6.29. The van der Waals surface area contributed by atoms with Crippen LogP contribution in [0.4, 0.5) is 0 Å². The van der Waals surface area contributed by atoms with Crippen molar-refractivity contribution in [3.8, 4) is 11.1 Å². The zero-order valence-corrected chi connectivity index (χ0v) is 18.3. The number of benzene rings is 3. The largest absolute Gasteiger partial charge is 0.460 e. The van der Waals surface area contributed by atoms with E-state index in [2.05, 4.69) is 4.72 Å². The maximum atomic E-state index is 12.5. The van der Waals surface area contributed by atoms with Crippen LogP contribution >= 0.6 is 11.6 Å². The second-order valence-electron chi connectivity index (χ2n) is 6.96. The molecule has 0 heterocycles. The Kier molecular flexibility index (Phi) is 7.46. The van der Waals surface area contributed by atoms with Crippen molar-refractivity contribution in [1.82, 2.24) is 4.72 Å². The minimum atomic E-state index is -4.05. The fourth-order valence-corrected chi connectivity index (χ4v) is 4.24. The molecule has 3 aromatic rings. The first-order valence-electron chi connectivity index (χ1n) is 9.53. The van der Waals surface area contributed by atoms with E-state index in [9.17, 15) is 18.3 Å². The summed E-state index contributed by atoms with van der Waals surface area (Å²) in [4.78, 5) is 12.4. The Balaban J connectivity index is 1.65. The molecule has 2 N–H and O–H groups in total. The predicted molar refractivity (Wildman–Crippen MR) is 119 cm³/mol. The molecule has 8 heteroatoms. The maximum absolute atomic E-state index is 12.5. The van der Waals surface area contributed by atoms with Gasteiger partial charge in [0.2, 0.25) is 10.0 Å². The van der Waals surface area contributed by atoms with Crippen LogP contribution < -0.4 is 4.72 Å². The number of halogens is 1. The third-order valence-electron chi connectivity index (χ3n) is 4.58. The zero-order valence-electron chi connectivity index (χ0n) is 16.7. The summed E-state index contributed by atoms with van der Waals surface area (Å²) in [6.07, 6.45) is -1.30. The van der Waals surface area contributed by atoms with Gasteiger partial charge in [-0.2, -0.15) is 4.72 Å². The topological polar surface area (TPSA) is 92.7 Å². The lowest BCUT2D eigenvalue weighted by Crippen LogP contribution is -2.48. The monoisotopic (exact) mass is 459 g/mol. The van der Waals surface area contributed by atoms with Gasteiger partial charge >= 0.3 is 5.97 Å². The molecule has 162 valence electrons. The highest BCUT2D eigenvalue weighted by molar-refractivity contribution is 7.89. The second-order valence-corrected chi connectivity index (χ2v) is 9.11. The van der Waals surface area contributed by atoms with Crippen molar-refractivity contribution in [1.29, 1.82) is 0 Å². The van der Waals surface area contributed by atoms with Crippen molar-refractivity contribution in [3.63, 3.8) is 0 Å². The van der Waals surface area contributed by atoms with E-state index in [1.165, 1.54) is 31.2 Å². The highest BCUT2D eigenvalue weighted by Gasteiger charge is 2.31. The van der Waals surface area contributed by atoms with E-state index < -0.39 is 28.1 Å². The van der Waals surface area contributed by atoms with Crippen LogP contribution in [0, 0.1) is 0 Å². The van der Waals surface area contributed by atoms with Gasteiger partial charge in [0, 0.05) is 5.02 Å². The van der Waals surface area contributed by atoms with Gasteiger partial charge in [0.05, 0.1) is 11.0 Å². The predicted octanol–water partition coefficient (Wildman–Crippen LogP) is 3.78.